The zero-order valence-electron chi connectivity index (χ0n) is 14.3. The molecular formula is C19H22Cl2N2O2. The Bertz CT molecular complexity index is 745. The van der Waals surface area contributed by atoms with E-state index in [0.29, 0.717) is 15.8 Å². The molecule has 1 aliphatic heterocycles. The first-order valence-corrected chi connectivity index (χ1v) is 9.30. The Labute approximate surface area is 158 Å². The summed E-state index contributed by atoms with van der Waals surface area (Å²) in [6, 6.07) is 9.21. The van der Waals surface area contributed by atoms with Crippen LogP contribution >= 0.6 is 23.2 Å². The Morgan fingerprint density at radius 3 is 2.80 bits per heavy atom. The van der Waals surface area contributed by atoms with Gasteiger partial charge in [-0.05, 0) is 43.2 Å². The fourth-order valence-corrected chi connectivity index (χ4v) is 3.81. The highest BCUT2D eigenvalue weighted by molar-refractivity contribution is 6.35. The molecule has 0 saturated carbocycles. The van der Waals surface area contributed by atoms with Gasteiger partial charge in [0.05, 0.1) is 11.1 Å². The third kappa shape index (κ3) is 4.31. The van der Waals surface area contributed by atoms with Crippen molar-refractivity contribution in [2.24, 2.45) is 7.05 Å². The third-order valence-corrected chi connectivity index (χ3v) is 5.17. The maximum absolute atomic E-state index is 12.8. The molecule has 1 amide bonds. The molecule has 0 bridgehead atoms. The van der Waals surface area contributed by atoms with E-state index in [1.54, 1.807) is 18.2 Å². The molecule has 1 aromatic carbocycles. The van der Waals surface area contributed by atoms with Gasteiger partial charge in [-0.1, -0.05) is 36.0 Å². The number of benzene rings is 1. The maximum atomic E-state index is 12.8. The van der Waals surface area contributed by atoms with Crippen LogP contribution in [0.25, 0.3) is 0 Å². The van der Waals surface area contributed by atoms with Crippen LogP contribution < -0.4 is 4.74 Å². The van der Waals surface area contributed by atoms with E-state index in [2.05, 4.69) is 10.6 Å². The van der Waals surface area contributed by atoms with E-state index in [0.717, 1.165) is 32.2 Å². The lowest BCUT2D eigenvalue weighted by atomic mass is 10.1. The summed E-state index contributed by atoms with van der Waals surface area (Å²) in [5, 5.41) is 0.954. The van der Waals surface area contributed by atoms with Gasteiger partial charge in [-0.15, -0.1) is 0 Å². The molecule has 1 aromatic heterocycles. The number of hydrogen-bond acceptors (Lipinski definition) is 2. The number of amides is 1. The second kappa shape index (κ2) is 8.15. The van der Waals surface area contributed by atoms with Gasteiger partial charge in [0.1, 0.15) is 5.75 Å². The molecular weight excluding hydrogens is 359 g/mol. The van der Waals surface area contributed by atoms with Crippen molar-refractivity contribution in [3.8, 4) is 5.75 Å². The number of rotatable bonds is 4. The van der Waals surface area contributed by atoms with E-state index in [4.69, 9.17) is 27.9 Å². The summed E-state index contributed by atoms with van der Waals surface area (Å²) in [5.74, 6) is 0.462. The Kier molecular flexibility index (Phi) is 5.92. The Balaban J connectivity index is 1.72. The van der Waals surface area contributed by atoms with Gasteiger partial charge in [-0.3, -0.25) is 4.79 Å². The number of aryl methyl sites for hydroxylation is 1. The predicted molar refractivity (Wildman–Crippen MR) is 100 cm³/mol. The molecule has 0 aliphatic carbocycles. The highest BCUT2D eigenvalue weighted by Gasteiger charge is 2.28. The van der Waals surface area contributed by atoms with E-state index in [1.807, 2.05) is 24.2 Å². The van der Waals surface area contributed by atoms with Crippen molar-refractivity contribution in [1.29, 1.82) is 0 Å². The number of likely N-dealkylation sites (tertiary alicyclic amines) is 1. The van der Waals surface area contributed by atoms with Gasteiger partial charge in [-0.2, -0.15) is 0 Å². The summed E-state index contributed by atoms with van der Waals surface area (Å²) in [6.07, 6.45) is 6.30. The minimum atomic E-state index is -0.0255. The fourth-order valence-electron chi connectivity index (χ4n) is 3.35. The van der Waals surface area contributed by atoms with E-state index in [-0.39, 0.29) is 18.6 Å². The number of hydrogen-bond donors (Lipinski definition) is 0. The normalized spacial score (nSPS) is 18.0. The first-order valence-electron chi connectivity index (χ1n) is 8.55. The van der Waals surface area contributed by atoms with Crippen LogP contribution in [0.5, 0.6) is 5.75 Å². The first kappa shape index (κ1) is 18.2. The molecule has 1 aliphatic rings. The van der Waals surface area contributed by atoms with E-state index >= 15 is 0 Å². The average Bonchev–Trinajstić information content (AvgIpc) is 2.86. The van der Waals surface area contributed by atoms with Crippen molar-refractivity contribution in [2.45, 2.75) is 31.7 Å². The maximum Gasteiger partial charge on any atom is 0.261 e. The summed E-state index contributed by atoms with van der Waals surface area (Å²) < 4.78 is 7.75. The second-order valence-electron chi connectivity index (χ2n) is 6.36. The number of aromatic nitrogens is 1. The van der Waals surface area contributed by atoms with Gasteiger partial charge >= 0.3 is 0 Å². The Morgan fingerprint density at radius 2 is 2.08 bits per heavy atom. The zero-order chi connectivity index (χ0) is 17.8. The predicted octanol–water partition coefficient (Wildman–Crippen LogP) is 4.85. The topological polar surface area (TPSA) is 34.5 Å². The van der Waals surface area contributed by atoms with Gasteiger partial charge in [0.2, 0.25) is 0 Å². The van der Waals surface area contributed by atoms with Crippen LogP contribution in [-0.2, 0) is 11.8 Å². The molecule has 1 saturated heterocycles. The first-order chi connectivity index (χ1) is 12.1. The molecule has 1 atom stereocenters. The summed E-state index contributed by atoms with van der Waals surface area (Å²) in [6.45, 7) is 0.731. The number of carbonyl (C=O) groups excluding carboxylic acids is 1. The van der Waals surface area contributed by atoms with Crippen LogP contribution in [0.2, 0.25) is 10.0 Å². The smallest absolute Gasteiger partial charge is 0.261 e. The average molecular weight is 381 g/mol. The fraction of sp³-hybridized carbons (Fsp3) is 0.421. The summed E-state index contributed by atoms with van der Waals surface area (Å²) in [4.78, 5) is 14.8. The van der Waals surface area contributed by atoms with E-state index in [9.17, 15) is 4.79 Å². The number of carbonyl (C=O) groups is 1. The lowest BCUT2D eigenvalue weighted by molar-refractivity contribution is -0.136. The quantitative estimate of drug-likeness (QED) is 0.759. The molecule has 134 valence electrons. The molecule has 1 unspecified atom stereocenters. The van der Waals surface area contributed by atoms with Crippen molar-refractivity contribution < 1.29 is 9.53 Å². The number of halogens is 2. The van der Waals surface area contributed by atoms with Crippen LogP contribution in [0.15, 0.2) is 36.5 Å². The van der Waals surface area contributed by atoms with Gasteiger partial charge < -0.3 is 14.2 Å². The van der Waals surface area contributed by atoms with E-state index < -0.39 is 0 Å². The monoisotopic (exact) mass is 380 g/mol. The molecule has 0 N–H and O–H groups in total. The van der Waals surface area contributed by atoms with Crippen molar-refractivity contribution in [3.05, 3.63) is 52.3 Å². The molecule has 3 rings (SSSR count). The molecule has 25 heavy (non-hydrogen) atoms. The number of nitrogens with zero attached hydrogens (tertiary/aromatic N) is 2. The van der Waals surface area contributed by atoms with Crippen molar-refractivity contribution >= 4 is 29.1 Å². The van der Waals surface area contributed by atoms with E-state index in [1.165, 1.54) is 5.69 Å². The van der Waals surface area contributed by atoms with Gasteiger partial charge in [0, 0.05) is 30.5 Å². The number of ether oxygens (including phenoxy) is 1. The highest BCUT2D eigenvalue weighted by Crippen LogP contribution is 2.31. The molecule has 2 heterocycles. The molecule has 6 heteroatoms. The van der Waals surface area contributed by atoms with Crippen LogP contribution in [-0.4, -0.2) is 28.5 Å². The van der Waals surface area contributed by atoms with Gasteiger partial charge in [-0.25, -0.2) is 0 Å². The molecule has 0 spiro atoms. The lowest BCUT2D eigenvalue weighted by Gasteiger charge is -2.30. The summed E-state index contributed by atoms with van der Waals surface area (Å²) in [5.41, 5.74) is 1.17. The Morgan fingerprint density at radius 1 is 1.24 bits per heavy atom. The second-order valence-corrected chi connectivity index (χ2v) is 7.20. The van der Waals surface area contributed by atoms with Crippen LogP contribution in [0.1, 0.15) is 37.4 Å². The highest BCUT2D eigenvalue weighted by atomic mass is 35.5. The van der Waals surface area contributed by atoms with Crippen molar-refractivity contribution in [2.75, 3.05) is 13.2 Å². The summed E-state index contributed by atoms with van der Waals surface area (Å²) in [7, 11) is 2.02. The lowest BCUT2D eigenvalue weighted by Crippen LogP contribution is -2.38. The van der Waals surface area contributed by atoms with Gasteiger partial charge in [0.15, 0.2) is 6.61 Å². The zero-order valence-corrected chi connectivity index (χ0v) is 15.8. The largest absolute Gasteiger partial charge is 0.482 e. The van der Waals surface area contributed by atoms with Crippen LogP contribution in [0.3, 0.4) is 0 Å². The molecule has 4 nitrogen and oxygen atoms in total. The standard InChI is InChI=1S/C19H22Cl2N2O2/c1-22-10-5-7-16(22)17-6-3-2-4-11-23(17)19(24)13-25-18-9-8-14(20)12-15(18)21/h5,7-10,12,17H,2-4,6,11,13H2,1H3. The Hall–Kier alpha value is -1.65. The van der Waals surface area contributed by atoms with Crippen LogP contribution in [0, 0.1) is 0 Å². The molecule has 1 fully saturated rings. The summed E-state index contributed by atoms with van der Waals surface area (Å²) >= 11 is 12.0. The van der Waals surface area contributed by atoms with Gasteiger partial charge in [0.25, 0.3) is 5.91 Å². The third-order valence-electron chi connectivity index (χ3n) is 4.64. The van der Waals surface area contributed by atoms with Crippen molar-refractivity contribution in [1.82, 2.24) is 9.47 Å². The molecule has 0 radical (unpaired) electrons. The van der Waals surface area contributed by atoms with Crippen LogP contribution in [0.4, 0.5) is 0 Å². The SMILES string of the molecule is Cn1cccc1C1CCCCCN1C(=O)COc1ccc(Cl)cc1Cl. The minimum Gasteiger partial charge on any atom is -0.482 e. The van der Waals surface area contributed by atoms with Crippen molar-refractivity contribution in [3.63, 3.8) is 0 Å². The molecule has 2 aromatic rings. The minimum absolute atomic E-state index is 0.0147.